The summed E-state index contributed by atoms with van der Waals surface area (Å²) in [5.74, 6) is 0. The topological polar surface area (TPSA) is 112 Å². The van der Waals surface area contributed by atoms with Crippen LogP contribution in [0.1, 0.15) is 5.56 Å². The minimum Gasteiger partial charge on any atom is -0.412 e. The van der Waals surface area contributed by atoms with Crippen LogP contribution in [0.15, 0.2) is 29.2 Å². The number of rotatable bonds is 2. The lowest BCUT2D eigenvalue weighted by Gasteiger charge is -1.98. The predicted octanol–water partition coefficient (Wildman–Crippen LogP) is -0.433. The van der Waals surface area contributed by atoms with Crippen molar-refractivity contribution >= 4 is 10.1 Å². The van der Waals surface area contributed by atoms with Crippen LogP contribution in [-0.4, -0.2) is 18.4 Å². The van der Waals surface area contributed by atoms with Crippen molar-refractivity contribution in [2.45, 2.75) is 11.4 Å². The maximum absolute atomic E-state index is 10.6. The van der Waals surface area contributed by atoms with Gasteiger partial charge >= 0.3 is 0 Å². The van der Waals surface area contributed by atoms with Crippen molar-refractivity contribution < 1.29 is 18.4 Å². The second-order valence-electron chi connectivity index (χ2n) is 2.33. The highest BCUT2D eigenvalue weighted by atomic mass is 32.2. The molecule has 74 valence electrons. The number of hydrogen-bond donors (Lipinski definition) is 2. The van der Waals surface area contributed by atoms with Gasteiger partial charge in [-0.05, 0) is 17.7 Å². The van der Waals surface area contributed by atoms with Crippen LogP contribution >= 0.6 is 0 Å². The van der Waals surface area contributed by atoms with Crippen LogP contribution in [0.4, 0.5) is 0 Å². The van der Waals surface area contributed by atoms with Crippen molar-refractivity contribution in [3.63, 3.8) is 0 Å². The minimum absolute atomic E-state index is 0. The largest absolute Gasteiger partial charge is 0.412 e. The Balaban J connectivity index is 0.00000144. The second kappa shape index (κ2) is 4.33. The van der Waals surface area contributed by atoms with Crippen molar-refractivity contribution in [2.24, 2.45) is 5.73 Å². The average molecular weight is 205 g/mol. The summed E-state index contributed by atoms with van der Waals surface area (Å²) in [5, 5.41) is 0. The van der Waals surface area contributed by atoms with Crippen molar-refractivity contribution in [2.75, 3.05) is 0 Å². The SMILES string of the molecule is NCc1cccc(S(=O)(=O)O)c1.O. The van der Waals surface area contributed by atoms with Gasteiger partial charge in [0, 0.05) is 6.54 Å². The van der Waals surface area contributed by atoms with Crippen LogP contribution in [0.25, 0.3) is 0 Å². The molecule has 1 rings (SSSR count). The van der Waals surface area contributed by atoms with E-state index in [1.165, 1.54) is 18.2 Å². The lowest BCUT2D eigenvalue weighted by Crippen LogP contribution is -2.01. The van der Waals surface area contributed by atoms with E-state index in [4.69, 9.17) is 10.3 Å². The molecule has 0 saturated carbocycles. The molecule has 0 fully saturated rings. The van der Waals surface area contributed by atoms with Crippen LogP contribution in [0.2, 0.25) is 0 Å². The molecule has 0 atom stereocenters. The molecule has 0 aliphatic rings. The van der Waals surface area contributed by atoms with Gasteiger partial charge in [0.05, 0.1) is 4.90 Å². The van der Waals surface area contributed by atoms with E-state index in [-0.39, 0.29) is 16.9 Å². The third kappa shape index (κ3) is 3.11. The van der Waals surface area contributed by atoms with Gasteiger partial charge in [-0.25, -0.2) is 0 Å². The van der Waals surface area contributed by atoms with Gasteiger partial charge in [0.15, 0.2) is 0 Å². The molecule has 5 nitrogen and oxygen atoms in total. The van der Waals surface area contributed by atoms with E-state index in [9.17, 15) is 8.42 Å². The highest BCUT2D eigenvalue weighted by Gasteiger charge is 2.08. The van der Waals surface area contributed by atoms with E-state index in [1.54, 1.807) is 6.07 Å². The van der Waals surface area contributed by atoms with Gasteiger partial charge in [-0.3, -0.25) is 4.55 Å². The molecule has 6 heteroatoms. The minimum atomic E-state index is -4.09. The molecule has 0 aliphatic heterocycles. The first-order valence-corrected chi connectivity index (χ1v) is 4.74. The summed E-state index contributed by atoms with van der Waals surface area (Å²) in [7, 11) is -4.09. The Labute approximate surface area is 76.2 Å². The van der Waals surface area contributed by atoms with Gasteiger partial charge in [0.1, 0.15) is 0 Å². The Hall–Kier alpha value is -0.950. The fraction of sp³-hybridized carbons (Fsp3) is 0.143. The van der Waals surface area contributed by atoms with Crippen LogP contribution in [0, 0.1) is 0 Å². The standard InChI is InChI=1S/C7H9NO3S.H2O/c8-5-6-2-1-3-7(4-6)12(9,10)11;/h1-4H,5,8H2,(H,9,10,11);1H2. The average Bonchev–Trinajstić information content (AvgIpc) is 2.03. The van der Waals surface area contributed by atoms with E-state index in [1.807, 2.05) is 0 Å². The van der Waals surface area contributed by atoms with Crippen LogP contribution in [-0.2, 0) is 16.7 Å². The van der Waals surface area contributed by atoms with Gasteiger partial charge in [-0.2, -0.15) is 8.42 Å². The lowest BCUT2D eigenvalue weighted by molar-refractivity contribution is 0.483. The Morgan fingerprint density at radius 3 is 2.46 bits per heavy atom. The molecule has 1 aromatic carbocycles. The summed E-state index contributed by atoms with van der Waals surface area (Å²) in [6, 6.07) is 5.88. The summed E-state index contributed by atoms with van der Waals surface area (Å²) in [6.45, 7) is 0.253. The van der Waals surface area contributed by atoms with E-state index < -0.39 is 10.1 Å². The molecule has 1 aromatic rings. The molecule has 5 N–H and O–H groups in total. The smallest absolute Gasteiger partial charge is 0.294 e. The number of benzene rings is 1. The molecule has 13 heavy (non-hydrogen) atoms. The molecule has 0 saturated heterocycles. The van der Waals surface area contributed by atoms with Gasteiger partial charge in [0.25, 0.3) is 10.1 Å². The summed E-state index contributed by atoms with van der Waals surface area (Å²) < 4.78 is 29.9. The van der Waals surface area contributed by atoms with Gasteiger partial charge < -0.3 is 11.2 Å². The van der Waals surface area contributed by atoms with E-state index >= 15 is 0 Å². The fourth-order valence-corrected chi connectivity index (χ4v) is 1.38. The highest BCUT2D eigenvalue weighted by Crippen LogP contribution is 2.09. The van der Waals surface area contributed by atoms with Crippen LogP contribution in [0.5, 0.6) is 0 Å². The summed E-state index contributed by atoms with van der Waals surface area (Å²) in [4.78, 5) is -0.120. The van der Waals surface area contributed by atoms with Gasteiger partial charge in [-0.15, -0.1) is 0 Å². The first-order valence-electron chi connectivity index (χ1n) is 3.30. The van der Waals surface area contributed by atoms with Crippen molar-refractivity contribution in [1.82, 2.24) is 0 Å². The third-order valence-corrected chi connectivity index (χ3v) is 2.28. The van der Waals surface area contributed by atoms with Crippen molar-refractivity contribution in [1.29, 1.82) is 0 Å². The van der Waals surface area contributed by atoms with Crippen molar-refractivity contribution in [3.05, 3.63) is 29.8 Å². The van der Waals surface area contributed by atoms with E-state index in [0.29, 0.717) is 5.56 Å². The molecule has 0 bridgehead atoms. The zero-order valence-electron chi connectivity index (χ0n) is 6.77. The molecule has 0 unspecified atom stereocenters. The maximum Gasteiger partial charge on any atom is 0.294 e. The third-order valence-electron chi connectivity index (χ3n) is 1.43. The second-order valence-corrected chi connectivity index (χ2v) is 3.75. The fourth-order valence-electron chi connectivity index (χ4n) is 0.833. The van der Waals surface area contributed by atoms with Gasteiger partial charge in [0.2, 0.25) is 0 Å². The molecule has 0 heterocycles. The molecular formula is C7H11NO4S. The quantitative estimate of drug-likeness (QED) is 0.637. The molecule has 0 spiro atoms. The molecule has 0 aliphatic carbocycles. The Morgan fingerprint density at radius 2 is 2.00 bits per heavy atom. The van der Waals surface area contributed by atoms with Crippen molar-refractivity contribution in [3.8, 4) is 0 Å². The zero-order valence-corrected chi connectivity index (χ0v) is 7.58. The zero-order chi connectivity index (χ0) is 9.19. The summed E-state index contributed by atoms with van der Waals surface area (Å²) >= 11 is 0. The first-order chi connectivity index (χ1) is 5.54. The summed E-state index contributed by atoms with van der Waals surface area (Å²) in [6.07, 6.45) is 0. The Morgan fingerprint density at radius 1 is 1.38 bits per heavy atom. The maximum atomic E-state index is 10.6. The molecule has 0 radical (unpaired) electrons. The predicted molar refractivity (Wildman–Crippen MR) is 47.8 cm³/mol. The number of nitrogens with two attached hydrogens (primary N) is 1. The highest BCUT2D eigenvalue weighted by molar-refractivity contribution is 7.85. The Bertz CT molecular complexity index is 374. The van der Waals surface area contributed by atoms with Crippen LogP contribution in [0.3, 0.4) is 0 Å². The lowest BCUT2D eigenvalue weighted by atomic mass is 10.2. The summed E-state index contributed by atoms with van der Waals surface area (Å²) in [5.41, 5.74) is 5.96. The van der Waals surface area contributed by atoms with E-state index in [0.717, 1.165) is 0 Å². The van der Waals surface area contributed by atoms with E-state index in [2.05, 4.69) is 0 Å². The molecular weight excluding hydrogens is 194 g/mol. The Kier molecular flexibility index (Phi) is 4.02. The molecule has 0 aromatic heterocycles. The monoisotopic (exact) mass is 205 g/mol. The normalized spacial score (nSPS) is 10.6. The van der Waals surface area contributed by atoms with Crippen LogP contribution < -0.4 is 5.73 Å². The number of hydrogen-bond acceptors (Lipinski definition) is 3. The van der Waals surface area contributed by atoms with Gasteiger partial charge in [-0.1, -0.05) is 12.1 Å². The molecule has 0 amide bonds. The first kappa shape index (κ1) is 12.0.